The van der Waals surface area contributed by atoms with Gasteiger partial charge in [-0.25, -0.2) is 0 Å². The van der Waals surface area contributed by atoms with Crippen molar-refractivity contribution in [2.75, 3.05) is 0 Å². The van der Waals surface area contributed by atoms with Crippen molar-refractivity contribution in [3.8, 4) is 0 Å². The molecule has 0 saturated carbocycles. The van der Waals surface area contributed by atoms with Gasteiger partial charge in [0.2, 0.25) is 0 Å². The molecule has 1 heterocycles. The van der Waals surface area contributed by atoms with Crippen LogP contribution in [0.2, 0.25) is 0 Å². The van der Waals surface area contributed by atoms with Crippen LogP contribution in [0, 0.1) is 5.92 Å². The highest BCUT2D eigenvalue weighted by Gasteiger charge is 2.11. The van der Waals surface area contributed by atoms with Crippen LogP contribution in [0.15, 0.2) is 11.7 Å². The van der Waals surface area contributed by atoms with E-state index in [2.05, 4.69) is 38.0 Å². The number of hydrogen-bond donors (Lipinski definition) is 1. The van der Waals surface area contributed by atoms with Gasteiger partial charge >= 0.3 is 0 Å². The molecule has 80 valence electrons. The van der Waals surface area contributed by atoms with Gasteiger partial charge in [0, 0.05) is 23.2 Å². The van der Waals surface area contributed by atoms with Crippen molar-refractivity contribution in [2.24, 2.45) is 5.92 Å². The molecule has 1 N–H and O–H groups in total. The lowest BCUT2D eigenvalue weighted by molar-refractivity contribution is 0.409. The Morgan fingerprint density at radius 2 is 2.07 bits per heavy atom. The molecule has 2 nitrogen and oxygen atoms in total. The maximum absolute atomic E-state index is 4.09. The minimum atomic E-state index is 0.427. The second kappa shape index (κ2) is 5.47. The predicted molar refractivity (Wildman–Crippen MR) is 62.6 cm³/mol. The highest BCUT2D eigenvalue weighted by Crippen LogP contribution is 2.18. The molecule has 0 aromatic carbocycles. The molecule has 0 aliphatic carbocycles. The molecular weight excluding hydrogens is 192 g/mol. The summed E-state index contributed by atoms with van der Waals surface area (Å²) < 4.78 is 0. The van der Waals surface area contributed by atoms with Gasteiger partial charge in [-0.1, -0.05) is 13.8 Å². The molecular formula is C11H20N2S. The molecule has 1 rings (SSSR count). The summed E-state index contributed by atoms with van der Waals surface area (Å²) in [5.41, 5.74) is 1.89. The first-order chi connectivity index (χ1) is 6.59. The second-order valence-electron chi connectivity index (χ2n) is 4.32. The van der Waals surface area contributed by atoms with Gasteiger partial charge in [-0.05, 0) is 26.2 Å². The maximum Gasteiger partial charge on any atom is 0.0794 e. The van der Waals surface area contributed by atoms with Crippen molar-refractivity contribution in [1.82, 2.24) is 10.3 Å². The molecule has 0 fully saturated rings. The fourth-order valence-electron chi connectivity index (χ4n) is 1.72. The van der Waals surface area contributed by atoms with Crippen molar-refractivity contribution in [3.05, 3.63) is 16.6 Å². The van der Waals surface area contributed by atoms with Crippen molar-refractivity contribution in [1.29, 1.82) is 0 Å². The Bertz CT molecular complexity index is 244. The van der Waals surface area contributed by atoms with E-state index in [1.807, 2.05) is 11.7 Å². The molecule has 0 bridgehead atoms. The Labute approximate surface area is 90.8 Å². The third-order valence-corrected chi connectivity index (χ3v) is 3.20. The maximum atomic E-state index is 4.09. The number of thiazole rings is 1. The van der Waals surface area contributed by atoms with Crippen LogP contribution in [0.25, 0.3) is 0 Å². The van der Waals surface area contributed by atoms with Gasteiger partial charge in [0.25, 0.3) is 0 Å². The molecule has 14 heavy (non-hydrogen) atoms. The van der Waals surface area contributed by atoms with Gasteiger partial charge < -0.3 is 5.32 Å². The molecule has 0 radical (unpaired) electrons. The Morgan fingerprint density at radius 3 is 2.57 bits per heavy atom. The molecule has 1 aromatic heterocycles. The summed E-state index contributed by atoms with van der Waals surface area (Å²) in [5.74, 6) is 0.756. The third-order valence-electron chi connectivity index (χ3n) is 2.24. The van der Waals surface area contributed by atoms with Gasteiger partial charge in [0.1, 0.15) is 0 Å². The molecule has 0 amide bonds. The lowest BCUT2D eigenvalue weighted by Crippen LogP contribution is -2.29. The van der Waals surface area contributed by atoms with E-state index in [1.165, 1.54) is 11.3 Å². The van der Waals surface area contributed by atoms with Crippen LogP contribution >= 0.6 is 11.3 Å². The zero-order chi connectivity index (χ0) is 10.6. The fourth-order valence-corrected chi connectivity index (χ4v) is 2.36. The normalized spacial score (nSPS) is 15.8. The molecule has 2 unspecified atom stereocenters. The van der Waals surface area contributed by atoms with E-state index < -0.39 is 0 Å². The van der Waals surface area contributed by atoms with Crippen molar-refractivity contribution < 1.29 is 0 Å². The number of rotatable bonds is 5. The van der Waals surface area contributed by atoms with Crippen LogP contribution < -0.4 is 5.32 Å². The fraction of sp³-hybridized carbons (Fsp3) is 0.727. The van der Waals surface area contributed by atoms with Crippen LogP contribution in [0.5, 0.6) is 0 Å². The minimum Gasteiger partial charge on any atom is -0.307 e. The average Bonchev–Trinajstić information content (AvgIpc) is 2.53. The summed E-state index contributed by atoms with van der Waals surface area (Å²) in [6.07, 6.45) is 3.17. The van der Waals surface area contributed by atoms with E-state index in [0.29, 0.717) is 12.1 Å². The standard InChI is InChI=1S/C11H20N2S/c1-8(2)5-9(3)13-10(4)11-6-12-7-14-11/h6-10,13H,5H2,1-4H3. The van der Waals surface area contributed by atoms with Crippen LogP contribution in [-0.4, -0.2) is 11.0 Å². The Hall–Kier alpha value is -0.410. The zero-order valence-corrected chi connectivity index (χ0v) is 10.3. The average molecular weight is 212 g/mol. The van der Waals surface area contributed by atoms with Crippen LogP contribution in [-0.2, 0) is 0 Å². The van der Waals surface area contributed by atoms with E-state index in [1.54, 1.807) is 11.3 Å². The van der Waals surface area contributed by atoms with E-state index >= 15 is 0 Å². The first kappa shape index (κ1) is 11.7. The van der Waals surface area contributed by atoms with Gasteiger partial charge in [-0.15, -0.1) is 11.3 Å². The van der Waals surface area contributed by atoms with Crippen LogP contribution in [0.3, 0.4) is 0 Å². The Morgan fingerprint density at radius 1 is 1.36 bits per heavy atom. The highest BCUT2D eigenvalue weighted by molar-refractivity contribution is 7.09. The van der Waals surface area contributed by atoms with Crippen molar-refractivity contribution >= 4 is 11.3 Å². The number of aromatic nitrogens is 1. The van der Waals surface area contributed by atoms with E-state index in [9.17, 15) is 0 Å². The Kier molecular flexibility index (Phi) is 4.55. The quantitative estimate of drug-likeness (QED) is 0.810. The van der Waals surface area contributed by atoms with E-state index in [4.69, 9.17) is 0 Å². The SMILES string of the molecule is CC(C)CC(C)NC(C)c1cncs1. The molecule has 3 heteroatoms. The smallest absolute Gasteiger partial charge is 0.0794 e. The molecule has 0 saturated heterocycles. The van der Waals surface area contributed by atoms with Crippen LogP contribution in [0.4, 0.5) is 0 Å². The predicted octanol–water partition coefficient (Wildman–Crippen LogP) is 3.23. The topological polar surface area (TPSA) is 24.9 Å². The molecule has 0 spiro atoms. The monoisotopic (exact) mass is 212 g/mol. The van der Waals surface area contributed by atoms with Crippen LogP contribution in [0.1, 0.15) is 45.0 Å². The van der Waals surface area contributed by atoms with Gasteiger partial charge in [0.15, 0.2) is 0 Å². The largest absolute Gasteiger partial charge is 0.307 e. The molecule has 0 aliphatic heterocycles. The molecule has 0 aliphatic rings. The lowest BCUT2D eigenvalue weighted by Gasteiger charge is -2.20. The summed E-state index contributed by atoms with van der Waals surface area (Å²) in [6, 6.07) is 1.00. The van der Waals surface area contributed by atoms with Crippen molar-refractivity contribution in [2.45, 2.75) is 46.2 Å². The summed E-state index contributed by atoms with van der Waals surface area (Å²) in [7, 11) is 0. The molecule has 1 aromatic rings. The lowest BCUT2D eigenvalue weighted by atomic mass is 10.0. The first-order valence-corrected chi connectivity index (χ1v) is 6.12. The number of nitrogens with one attached hydrogen (secondary N) is 1. The van der Waals surface area contributed by atoms with E-state index in [-0.39, 0.29) is 0 Å². The number of hydrogen-bond acceptors (Lipinski definition) is 3. The summed E-state index contributed by atoms with van der Waals surface area (Å²) >= 11 is 1.72. The second-order valence-corrected chi connectivity index (χ2v) is 5.24. The first-order valence-electron chi connectivity index (χ1n) is 5.24. The van der Waals surface area contributed by atoms with E-state index in [0.717, 1.165) is 5.92 Å². The van der Waals surface area contributed by atoms with Gasteiger partial charge in [-0.3, -0.25) is 4.98 Å². The molecule has 2 atom stereocenters. The summed E-state index contributed by atoms with van der Waals surface area (Å²) in [5, 5.41) is 3.58. The minimum absolute atomic E-state index is 0.427. The van der Waals surface area contributed by atoms with Gasteiger partial charge in [-0.2, -0.15) is 0 Å². The summed E-state index contributed by atoms with van der Waals surface area (Å²) in [4.78, 5) is 5.41. The highest BCUT2D eigenvalue weighted by atomic mass is 32.1. The zero-order valence-electron chi connectivity index (χ0n) is 9.45. The Balaban J connectivity index is 2.37. The third kappa shape index (κ3) is 3.76. The number of nitrogens with zero attached hydrogens (tertiary/aromatic N) is 1. The summed E-state index contributed by atoms with van der Waals surface area (Å²) in [6.45, 7) is 8.97. The van der Waals surface area contributed by atoms with Crippen molar-refractivity contribution in [3.63, 3.8) is 0 Å². The van der Waals surface area contributed by atoms with Gasteiger partial charge in [0.05, 0.1) is 5.51 Å².